The lowest BCUT2D eigenvalue weighted by Gasteiger charge is -2.20. The lowest BCUT2D eigenvalue weighted by atomic mass is 10.0. The van der Waals surface area contributed by atoms with Crippen molar-refractivity contribution in [2.75, 3.05) is 0 Å². The van der Waals surface area contributed by atoms with E-state index in [2.05, 4.69) is 20.3 Å². The number of nitrogens with one attached hydrogen (secondary N) is 3. The van der Waals surface area contributed by atoms with Crippen molar-refractivity contribution >= 4 is 16.9 Å². The first-order valence-corrected chi connectivity index (χ1v) is 9.44. The Balaban J connectivity index is 1.65. The van der Waals surface area contributed by atoms with Crippen LogP contribution in [0.25, 0.3) is 11.0 Å². The molecule has 1 aliphatic rings. The number of hydrogen-bond donors (Lipinski definition) is 3. The van der Waals surface area contributed by atoms with Gasteiger partial charge in [0.25, 0.3) is 11.5 Å². The molecule has 0 saturated carbocycles. The van der Waals surface area contributed by atoms with Gasteiger partial charge in [-0.05, 0) is 61.4 Å². The number of pyridine rings is 1. The number of imidazole rings is 1. The maximum atomic E-state index is 12.9. The molecule has 140 valence electrons. The van der Waals surface area contributed by atoms with Gasteiger partial charge in [0.05, 0.1) is 17.1 Å². The molecule has 0 radical (unpaired) electrons. The number of hydrogen-bond acceptors (Lipinski definition) is 3. The molecule has 1 atom stereocenters. The molecule has 6 heteroatoms. The number of rotatable bonds is 4. The summed E-state index contributed by atoms with van der Waals surface area (Å²) in [5.74, 6) is 0.460. The molecule has 4 rings (SSSR count). The van der Waals surface area contributed by atoms with Crippen LogP contribution in [0.5, 0.6) is 0 Å². The van der Waals surface area contributed by atoms with Gasteiger partial charge in [-0.15, -0.1) is 0 Å². The van der Waals surface area contributed by atoms with E-state index in [9.17, 15) is 9.59 Å². The number of aryl methyl sites for hydroxylation is 3. The highest BCUT2D eigenvalue weighted by Gasteiger charge is 2.25. The second-order valence-corrected chi connectivity index (χ2v) is 7.71. The molecule has 2 heterocycles. The van der Waals surface area contributed by atoms with Crippen molar-refractivity contribution in [3.63, 3.8) is 0 Å². The standard InChI is InChI=1S/C21H24N4O2/c1-11(2)18(19-22-16-8-7-12(3)9-17(16)23-19)25-21(27)14-10-13-5-4-6-15(13)24-20(14)26/h7-11,18H,4-6H2,1-3H3,(H,22,23)(H,24,26)(H,25,27). The highest BCUT2D eigenvalue weighted by molar-refractivity contribution is 5.94. The summed E-state index contributed by atoms with van der Waals surface area (Å²) in [6.07, 6.45) is 2.80. The third-order valence-corrected chi connectivity index (χ3v) is 5.24. The number of carbonyl (C=O) groups excluding carboxylic acids is 1. The predicted molar refractivity (Wildman–Crippen MR) is 105 cm³/mol. The Morgan fingerprint density at radius 2 is 2.00 bits per heavy atom. The normalized spacial score (nSPS) is 14.5. The molecule has 0 fully saturated rings. The number of H-pyrrole nitrogens is 2. The number of fused-ring (bicyclic) bond motifs is 2. The molecule has 1 unspecified atom stereocenters. The zero-order valence-electron chi connectivity index (χ0n) is 15.8. The molecule has 0 aliphatic heterocycles. The van der Waals surface area contributed by atoms with Gasteiger partial charge in [0.15, 0.2) is 0 Å². The number of nitrogens with zero attached hydrogens (tertiary/aromatic N) is 1. The second kappa shape index (κ2) is 6.68. The number of aromatic amines is 2. The second-order valence-electron chi connectivity index (χ2n) is 7.71. The fraction of sp³-hybridized carbons (Fsp3) is 0.381. The fourth-order valence-electron chi connectivity index (χ4n) is 3.74. The Labute approximate surface area is 157 Å². The smallest absolute Gasteiger partial charge is 0.261 e. The van der Waals surface area contributed by atoms with Gasteiger partial charge in [0.1, 0.15) is 11.4 Å². The van der Waals surface area contributed by atoms with Gasteiger partial charge in [-0.3, -0.25) is 9.59 Å². The van der Waals surface area contributed by atoms with E-state index >= 15 is 0 Å². The van der Waals surface area contributed by atoms with Gasteiger partial charge in [-0.2, -0.15) is 0 Å². The summed E-state index contributed by atoms with van der Waals surface area (Å²) in [6, 6.07) is 7.46. The largest absolute Gasteiger partial charge is 0.342 e. The monoisotopic (exact) mass is 364 g/mol. The van der Waals surface area contributed by atoms with Gasteiger partial charge in [-0.1, -0.05) is 19.9 Å². The fourth-order valence-corrected chi connectivity index (χ4v) is 3.74. The van der Waals surface area contributed by atoms with E-state index in [0.29, 0.717) is 5.82 Å². The summed E-state index contributed by atoms with van der Waals surface area (Å²) < 4.78 is 0. The van der Waals surface area contributed by atoms with Crippen LogP contribution in [-0.4, -0.2) is 20.9 Å². The molecule has 1 amide bonds. The van der Waals surface area contributed by atoms with E-state index < -0.39 is 0 Å². The lowest BCUT2D eigenvalue weighted by Crippen LogP contribution is -2.36. The van der Waals surface area contributed by atoms with E-state index in [1.54, 1.807) is 6.07 Å². The minimum Gasteiger partial charge on any atom is -0.342 e. The lowest BCUT2D eigenvalue weighted by molar-refractivity contribution is 0.0921. The summed E-state index contributed by atoms with van der Waals surface area (Å²) >= 11 is 0. The van der Waals surface area contributed by atoms with E-state index in [4.69, 9.17) is 0 Å². The maximum absolute atomic E-state index is 12.9. The van der Waals surface area contributed by atoms with Gasteiger partial charge < -0.3 is 15.3 Å². The minimum absolute atomic E-state index is 0.115. The number of aromatic nitrogens is 3. The molecule has 0 bridgehead atoms. The average Bonchev–Trinajstić information content (AvgIpc) is 3.23. The summed E-state index contributed by atoms with van der Waals surface area (Å²) in [5, 5.41) is 3.00. The van der Waals surface area contributed by atoms with E-state index in [-0.39, 0.29) is 29.0 Å². The zero-order chi connectivity index (χ0) is 19.1. The topological polar surface area (TPSA) is 90.6 Å². The minimum atomic E-state index is -0.360. The van der Waals surface area contributed by atoms with E-state index in [1.807, 2.05) is 39.0 Å². The van der Waals surface area contributed by atoms with Crippen molar-refractivity contribution in [2.24, 2.45) is 5.92 Å². The predicted octanol–water partition coefficient (Wildman–Crippen LogP) is 3.18. The van der Waals surface area contributed by atoms with Crippen LogP contribution in [0.3, 0.4) is 0 Å². The van der Waals surface area contributed by atoms with Crippen LogP contribution in [0.15, 0.2) is 29.1 Å². The van der Waals surface area contributed by atoms with E-state index in [1.165, 1.54) is 0 Å². The van der Waals surface area contributed by atoms with Crippen LogP contribution in [0.1, 0.15) is 59.3 Å². The van der Waals surface area contributed by atoms with Gasteiger partial charge in [-0.25, -0.2) is 4.98 Å². The van der Waals surface area contributed by atoms with Gasteiger partial charge in [0, 0.05) is 5.69 Å². The number of carbonyl (C=O) groups is 1. The van der Waals surface area contributed by atoms with Crippen molar-refractivity contribution < 1.29 is 4.79 Å². The van der Waals surface area contributed by atoms with Crippen molar-refractivity contribution in [3.8, 4) is 0 Å². The molecule has 1 aromatic carbocycles. The van der Waals surface area contributed by atoms with E-state index in [0.717, 1.165) is 47.1 Å². The summed E-state index contributed by atoms with van der Waals surface area (Å²) in [5.41, 5.74) is 4.84. The molecule has 0 spiro atoms. The van der Waals surface area contributed by atoms with Crippen molar-refractivity contribution in [1.82, 2.24) is 20.3 Å². The summed E-state index contributed by atoms with van der Waals surface area (Å²) in [6.45, 7) is 6.08. The van der Waals surface area contributed by atoms with Gasteiger partial charge >= 0.3 is 0 Å². The molecular formula is C21H24N4O2. The zero-order valence-corrected chi connectivity index (χ0v) is 15.8. The Kier molecular flexibility index (Phi) is 4.34. The molecule has 1 aliphatic carbocycles. The Bertz CT molecular complexity index is 1080. The van der Waals surface area contributed by atoms with Crippen molar-refractivity contribution in [3.05, 3.63) is 62.8 Å². The summed E-state index contributed by atoms with van der Waals surface area (Å²) in [7, 11) is 0. The first kappa shape index (κ1) is 17.5. The highest BCUT2D eigenvalue weighted by atomic mass is 16.2. The molecular weight excluding hydrogens is 340 g/mol. The Hall–Kier alpha value is -2.89. The quantitative estimate of drug-likeness (QED) is 0.664. The van der Waals surface area contributed by atoms with Crippen LogP contribution < -0.4 is 10.9 Å². The van der Waals surface area contributed by atoms with Crippen LogP contribution in [0.4, 0.5) is 0 Å². The summed E-state index contributed by atoms with van der Waals surface area (Å²) in [4.78, 5) is 36.0. The molecule has 2 aromatic heterocycles. The highest BCUT2D eigenvalue weighted by Crippen LogP contribution is 2.24. The molecule has 3 N–H and O–H groups in total. The van der Waals surface area contributed by atoms with Gasteiger partial charge in [0.2, 0.25) is 0 Å². The SMILES string of the molecule is Cc1ccc2nc(C(NC(=O)c3cc4c([nH]c3=O)CCC4)C(C)C)[nH]c2c1. The third-order valence-electron chi connectivity index (χ3n) is 5.24. The Morgan fingerprint density at radius 1 is 1.19 bits per heavy atom. The number of benzene rings is 1. The average molecular weight is 364 g/mol. The molecule has 0 saturated heterocycles. The van der Waals surface area contributed by atoms with Crippen LogP contribution >= 0.6 is 0 Å². The molecule has 27 heavy (non-hydrogen) atoms. The maximum Gasteiger partial charge on any atom is 0.261 e. The first-order chi connectivity index (χ1) is 12.9. The van der Waals surface area contributed by atoms with Crippen LogP contribution in [-0.2, 0) is 12.8 Å². The Morgan fingerprint density at radius 3 is 2.78 bits per heavy atom. The molecule has 6 nitrogen and oxygen atoms in total. The number of amides is 1. The third kappa shape index (κ3) is 3.27. The van der Waals surface area contributed by atoms with Crippen molar-refractivity contribution in [1.29, 1.82) is 0 Å². The first-order valence-electron chi connectivity index (χ1n) is 9.44. The molecule has 3 aromatic rings. The van der Waals surface area contributed by atoms with Crippen LogP contribution in [0, 0.1) is 12.8 Å². The van der Waals surface area contributed by atoms with Crippen LogP contribution in [0.2, 0.25) is 0 Å². The van der Waals surface area contributed by atoms with Crippen molar-refractivity contribution in [2.45, 2.75) is 46.1 Å².